The second-order valence-electron chi connectivity index (χ2n) is 4.71. The normalized spacial score (nSPS) is 21.6. The lowest BCUT2D eigenvalue weighted by atomic mass is 10.1. The quantitative estimate of drug-likeness (QED) is 0.826. The zero-order chi connectivity index (χ0) is 12.7. The third-order valence-corrected chi connectivity index (χ3v) is 3.09. The maximum Gasteiger partial charge on any atom is 0.265 e. The van der Waals surface area contributed by atoms with Gasteiger partial charge in [0.25, 0.3) is 11.8 Å². The highest BCUT2D eigenvalue weighted by molar-refractivity contribution is 6.01. The second kappa shape index (κ2) is 4.01. The molecular weight excluding hydrogens is 232 g/mol. The van der Waals surface area contributed by atoms with Crippen LogP contribution in [0.3, 0.4) is 0 Å². The molecule has 1 aromatic carbocycles. The smallest absolute Gasteiger partial charge is 0.265 e. The SMILES string of the molecule is CC1Oc2ccc(C(=O)NC3CC3)cc2NC1=O. The molecule has 1 fully saturated rings. The van der Waals surface area contributed by atoms with Crippen LogP contribution in [-0.4, -0.2) is 24.0 Å². The molecule has 0 radical (unpaired) electrons. The lowest BCUT2D eigenvalue weighted by molar-refractivity contribution is -0.122. The third-order valence-electron chi connectivity index (χ3n) is 3.09. The zero-order valence-corrected chi connectivity index (χ0v) is 10.0. The van der Waals surface area contributed by atoms with E-state index in [1.54, 1.807) is 25.1 Å². The van der Waals surface area contributed by atoms with Gasteiger partial charge in [0.15, 0.2) is 6.10 Å². The number of rotatable bonds is 2. The van der Waals surface area contributed by atoms with Crippen LogP contribution in [0.15, 0.2) is 18.2 Å². The highest BCUT2D eigenvalue weighted by Gasteiger charge is 2.26. The van der Waals surface area contributed by atoms with Gasteiger partial charge in [0.05, 0.1) is 5.69 Å². The Balaban J connectivity index is 1.83. The fourth-order valence-electron chi connectivity index (χ4n) is 1.85. The summed E-state index contributed by atoms with van der Waals surface area (Å²) < 4.78 is 5.43. The molecule has 3 rings (SSSR count). The average Bonchev–Trinajstić information content (AvgIpc) is 3.14. The van der Waals surface area contributed by atoms with Crippen molar-refractivity contribution in [3.05, 3.63) is 23.8 Å². The minimum Gasteiger partial charge on any atom is -0.479 e. The number of ether oxygens (including phenoxy) is 1. The summed E-state index contributed by atoms with van der Waals surface area (Å²) in [5.74, 6) is 0.306. The first-order chi connectivity index (χ1) is 8.63. The predicted molar refractivity (Wildman–Crippen MR) is 65.6 cm³/mol. The Kier molecular flexibility index (Phi) is 2.47. The van der Waals surface area contributed by atoms with E-state index < -0.39 is 6.10 Å². The van der Waals surface area contributed by atoms with Crippen LogP contribution in [0.25, 0.3) is 0 Å². The number of anilines is 1. The lowest BCUT2D eigenvalue weighted by Gasteiger charge is -2.23. The minimum absolute atomic E-state index is 0.104. The van der Waals surface area contributed by atoms with Crippen molar-refractivity contribution in [3.63, 3.8) is 0 Å². The van der Waals surface area contributed by atoms with E-state index in [9.17, 15) is 9.59 Å². The topological polar surface area (TPSA) is 67.4 Å². The van der Waals surface area contributed by atoms with Crippen LogP contribution < -0.4 is 15.4 Å². The molecule has 1 saturated carbocycles. The third kappa shape index (κ3) is 2.03. The summed E-state index contributed by atoms with van der Waals surface area (Å²) in [5, 5.41) is 5.63. The number of hydrogen-bond acceptors (Lipinski definition) is 3. The van der Waals surface area contributed by atoms with Crippen molar-refractivity contribution in [3.8, 4) is 5.75 Å². The Bertz CT molecular complexity index is 523. The van der Waals surface area contributed by atoms with Crippen LogP contribution in [0.5, 0.6) is 5.75 Å². The minimum atomic E-state index is -0.497. The van der Waals surface area contributed by atoms with Gasteiger partial charge < -0.3 is 15.4 Å². The van der Waals surface area contributed by atoms with Crippen molar-refractivity contribution >= 4 is 17.5 Å². The summed E-state index contributed by atoms with van der Waals surface area (Å²) in [6.07, 6.45) is 1.60. The highest BCUT2D eigenvalue weighted by Crippen LogP contribution is 2.30. The molecule has 94 valence electrons. The molecule has 2 aliphatic rings. The van der Waals surface area contributed by atoms with E-state index in [-0.39, 0.29) is 11.8 Å². The molecule has 5 heteroatoms. The molecule has 0 bridgehead atoms. The van der Waals surface area contributed by atoms with E-state index in [0.29, 0.717) is 23.0 Å². The van der Waals surface area contributed by atoms with Crippen LogP contribution in [0.1, 0.15) is 30.1 Å². The standard InChI is InChI=1S/C13H14N2O3/c1-7-12(16)15-10-6-8(2-5-11(10)18-7)13(17)14-9-3-4-9/h2,5-7,9H,3-4H2,1H3,(H,14,17)(H,15,16). The maximum atomic E-state index is 11.9. The molecule has 5 nitrogen and oxygen atoms in total. The van der Waals surface area contributed by atoms with Gasteiger partial charge >= 0.3 is 0 Å². The molecular formula is C13H14N2O3. The summed E-state index contributed by atoms with van der Waals surface area (Å²) in [6.45, 7) is 1.69. The first-order valence-corrected chi connectivity index (χ1v) is 6.06. The molecule has 2 N–H and O–H groups in total. The predicted octanol–water partition coefficient (Wildman–Crippen LogP) is 1.30. The number of amides is 2. The number of nitrogens with one attached hydrogen (secondary N) is 2. The van der Waals surface area contributed by atoms with Crippen LogP contribution in [0.4, 0.5) is 5.69 Å². The van der Waals surface area contributed by atoms with E-state index in [4.69, 9.17) is 4.74 Å². The molecule has 1 aliphatic carbocycles. The Labute approximate surface area is 105 Å². The van der Waals surface area contributed by atoms with Crippen LogP contribution in [0.2, 0.25) is 0 Å². The molecule has 2 amide bonds. The van der Waals surface area contributed by atoms with Gasteiger partial charge in [0.2, 0.25) is 0 Å². The molecule has 1 heterocycles. The molecule has 0 spiro atoms. The summed E-state index contributed by atoms with van der Waals surface area (Å²) in [4.78, 5) is 23.4. The van der Waals surface area contributed by atoms with Crippen molar-refractivity contribution < 1.29 is 14.3 Å². The summed E-state index contributed by atoms with van der Waals surface area (Å²) in [6, 6.07) is 5.39. The molecule has 1 unspecified atom stereocenters. The molecule has 1 aromatic rings. The van der Waals surface area contributed by atoms with Crippen molar-refractivity contribution in [2.45, 2.75) is 31.9 Å². The molecule has 1 aliphatic heterocycles. The summed E-state index contributed by atoms with van der Waals surface area (Å²) in [5.41, 5.74) is 1.10. The number of benzene rings is 1. The fraction of sp³-hybridized carbons (Fsp3) is 0.385. The molecule has 0 saturated heterocycles. The molecule has 0 aromatic heterocycles. The van der Waals surface area contributed by atoms with Crippen molar-refractivity contribution in [1.82, 2.24) is 5.32 Å². The number of hydrogen-bond donors (Lipinski definition) is 2. The van der Waals surface area contributed by atoms with Gasteiger partial charge in [-0.1, -0.05) is 0 Å². The maximum absolute atomic E-state index is 11.9. The van der Waals surface area contributed by atoms with Crippen LogP contribution in [0, 0.1) is 0 Å². The number of carbonyl (C=O) groups is 2. The average molecular weight is 246 g/mol. The molecule has 1 atom stereocenters. The number of carbonyl (C=O) groups excluding carboxylic acids is 2. The van der Waals surface area contributed by atoms with Gasteiger partial charge in [-0.05, 0) is 38.0 Å². The van der Waals surface area contributed by atoms with Gasteiger partial charge in [-0.2, -0.15) is 0 Å². The Morgan fingerprint density at radius 3 is 2.94 bits per heavy atom. The Hall–Kier alpha value is -2.04. The first-order valence-electron chi connectivity index (χ1n) is 6.06. The highest BCUT2D eigenvalue weighted by atomic mass is 16.5. The Morgan fingerprint density at radius 1 is 1.44 bits per heavy atom. The van der Waals surface area contributed by atoms with Gasteiger partial charge in [0.1, 0.15) is 5.75 Å². The van der Waals surface area contributed by atoms with Crippen molar-refractivity contribution in [2.24, 2.45) is 0 Å². The molecule has 18 heavy (non-hydrogen) atoms. The van der Waals surface area contributed by atoms with Crippen molar-refractivity contribution in [2.75, 3.05) is 5.32 Å². The van der Waals surface area contributed by atoms with Gasteiger partial charge in [0, 0.05) is 11.6 Å². The Morgan fingerprint density at radius 2 is 2.22 bits per heavy atom. The van der Waals surface area contributed by atoms with Gasteiger partial charge in [-0.15, -0.1) is 0 Å². The first kappa shape index (κ1) is 11.1. The monoisotopic (exact) mass is 246 g/mol. The lowest BCUT2D eigenvalue weighted by Crippen LogP contribution is -2.34. The fourth-order valence-corrected chi connectivity index (χ4v) is 1.85. The van der Waals surface area contributed by atoms with E-state index in [0.717, 1.165) is 12.8 Å². The van der Waals surface area contributed by atoms with E-state index in [1.165, 1.54) is 0 Å². The van der Waals surface area contributed by atoms with Crippen LogP contribution in [-0.2, 0) is 4.79 Å². The summed E-state index contributed by atoms with van der Waals surface area (Å²) in [7, 11) is 0. The van der Waals surface area contributed by atoms with E-state index >= 15 is 0 Å². The zero-order valence-electron chi connectivity index (χ0n) is 10.0. The van der Waals surface area contributed by atoms with Gasteiger partial charge in [-0.3, -0.25) is 9.59 Å². The van der Waals surface area contributed by atoms with Crippen LogP contribution >= 0.6 is 0 Å². The van der Waals surface area contributed by atoms with E-state index in [2.05, 4.69) is 10.6 Å². The van der Waals surface area contributed by atoms with Crippen molar-refractivity contribution in [1.29, 1.82) is 0 Å². The van der Waals surface area contributed by atoms with E-state index in [1.807, 2.05) is 0 Å². The number of fused-ring (bicyclic) bond motifs is 1. The largest absolute Gasteiger partial charge is 0.479 e. The second-order valence-corrected chi connectivity index (χ2v) is 4.71. The summed E-state index contributed by atoms with van der Waals surface area (Å²) >= 11 is 0. The van der Waals surface area contributed by atoms with Gasteiger partial charge in [-0.25, -0.2) is 0 Å².